The number of rotatable bonds is 4. The molecule has 2 saturated heterocycles. The van der Waals surface area contributed by atoms with Crippen LogP contribution in [0.1, 0.15) is 18.0 Å². The first kappa shape index (κ1) is 14.4. The Bertz CT molecular complexity index is 688. The van der Waals surface area contributed by atoms with Gasteiger partial charge in [-0.15, -0.1) is 0 Å². The highest BCUT2D eigenvalue weighted by atomic mass is 32.2. The Kier molecular flexibility index (Phi) is 3.25. The van der Waals surface area contributed by atoms with E-state index >= 15 is 0 Å². The standard InChI is InChI=1S/C14H16N2O4S/c1-2-13(17)14-9-16(21(18,19)20)12(14)8-11(15-14)10-6-4-3-5-7-10/h2-7,11-12,15H,1,8-9H2,(H,18,19,20)/t11?,12-,14+/m1/s1. The van der Waals surface area contributed by atoms with Crippen LogP contribution in [-0.4, -0.2) is 41.2 Å². The molecule has 2 N–H and O–H groups in total. The molecule has 7 heteroatoms. The van der Waals surface area contributed by atoms with Gasteiger partial charge < -0.3 is 0 Å². The summed E-state index contributed by atoms with van der Waals surface area (Å²) < 4.78 is 32.9. The van der Waals surface area contributed by atoms with Gasteiger partial charge in [0, 0.05) is 12.6 Å². The van der Waals surface area contributed by atoms with Gasteiger partial charge in [0.15, 0.2) is 5.78 Å². The predicted molar refractivity (Wildman–Crippen MR) is 76.9 cm³/mol. The van der Waals surface area contributed by atoms with Crippen molar-refractivity contribution in [3.8, 4) is 0 Å². The van der Waals surface area contributed by atoms with Crippen molar-refractivity contribution in [3.63, 3.8) is 0 Å². The van der Waals surface area contributed by atoms with Crippen LogP contribution in [0.4, 0.5) is 0 Å². The lowest BCUT2D eigenvalue weighted by molar-refractivity contribution is -0.126. The number of hydrogen-bond acceptors (Lipinski definition) is 4. The second kappa shape index (κ2) is 4.74. The zero-order valence-corrected chi connectivity index (χ0v) is 12.1. The van der Waals surface area contributed by atoms with E-state index in [0.29, 0.717) is 6.42 Å². The topological polar surface area (TPSA) is 86.7 Å². The molecule has 0 saturated carbocycles. The number of fused-ring (bicyclic) bond motifs is 1. The zero-order valence-electron chi connectivity index (χ0n) is 11.3. The van der Waals surface area contributed by atoms with Crippen LogP contribution in [0, 0.1) is 0 Å². The molecule has 2 aliphatic rings. The number of nitrogens with one attached hydrogen (secondary N) is 1. The number of hydrogen-bond donors (Lipinski definition) is 2. The van der Waals surface area contributed by atoms with Crippen LogP contribution in [0.2, 0.25) is 0 Å². The minimum absolute atomic E-state index is 0.0648. The summed E-state index contributed by atoms with van der Waals surface area (Å²) in [7, 11) is -4.30. The minimum atomic E-state index is -4.30. The van der Waals surface area contributed by atoms with Gasteiger partial charge in [0.1, 0.15) is 5.54 Å². The molecular weight excluding hydrogens is 292 g/mol. The largest absolute Gasteiger partial charge is 0.336 e. The zero-order chi connectivity index (χ0) is 15.3. The Morgan fingerprint density at radius 3 is 2.67 bits per heavy atom. The first-order valence-corrected chi connectivity index (χ1v) is 8.02. The van der Waals surface area contributed by atoms with Gasteiger partial charge in [-0.05, 0) is 18.1 Å². The van der Waals surface area contributed by atoms with E-state index < -0.39 is 21.9 Å². The van der Waals surface area contributed by atoms with E-state index in [1.54, 1.807) is 0 Å². The van der Waals surface area contributed by atoms with Crippen molar-refractivity contribution in [2.24, 2.45) is 0 Å². The lowest BCUT2D eigenvalue weighted by atomic mass is 9.80. The summed E-state index contributed by atoms with van der Waals surface area (Å²) in [6, 6.07) is 8.80. The van der Waals surface area contributed by atoms with Crippen LogP contribution in [0.3, 0.4) is 0 Å². The SMILES string of the molecule is C=CC(=O)[C@]12CN(S(=O)(=O)O)[C@@H]1CC(c1ccccc1)N2. The minimum Gasteiger partial charge on any atom is -0.295 e. The van der Waals surface area contributed by atoms with E-state index in [0.717, 1.165) is 9.87 Å². The molecule has 0 aliphatic carbocycles. The maximum absolute atomic E-state index is 12.2. The molecule has 1 unspecified atom stereocenters. The molecule has 0 radical (unpaired) electrons. The molecule has 3 rings (SSSR count). The average molecular weight is 308 g/mol. The smallest absolute Gasteiger partial charge is 0.295 e. The Morgan fingerprint density at radius 1 is 1.43 bits per heavy atom. The number of benzene rings is 1. The van der Waals surface area contributed by atoms with Crippen LogP contribution in [0.5, 0.6) is 0 Å². The monoisotopic (exact) mass is 308 g/mol. The first-order chi connectivity index (χ1) is 9.88. The fraction of sp³-hybridized carbons (Fsp3) is 0.357. The van der Waals surface area contributed by atoms with E-state index in [4.69, 9.17) is 0 Å². The predicted octanol–water partition coefficient (Wildman–Crippen LogP) is 0.702. The third-order valence-electron chi connectivity index (χ3n) is 4.34. The van der Waals surface area contributed by atoms with E-state index in [1.807, 2.05) is 30.3 Å². The van der Waals surface area contributed by atoms with E-state index in [9.17, 15) is 17.8 Å². The van der Waals surface area contributed by atoms with Crippen LogP contribution >= 0.6 is 0 Å². The van der Waals surface area contributed by atoms with Crippen molar-refractivity contribution in [1.29, 1.82) is 0 Å². The summed E-state index contributed by atoms with van der Waals surface area (Å²) in [5.41, 5.74) is 0.0105. The van der Waals surface area contributed by atoms with Crippen molar-refractivity contribution < 1.29 is 17.8 Å². The highest BCUT2D eigenvalue weighted by Crippen LogP contribution is 2.45. The summed E-state index contributed by atoms with van der Waals surface area (Å²) in [6.45, 7) is 3.42. The van der Waals surface area contributed by atoms with Gasteiger partial charge >= 0.3 is 10.3 Å². The Balaban J connectivity index is 1.94. The Morgan fingerprint density at radius 2 is 2.10 bits per heavy atom. The summed E-state index contributed by atoms with van der Waals surface area (Å²) >= 11 is 0. The van der Waals surface area contributed by atoms with Gasteiger partial charge in [0.05, 0.1) is 6.04 Å². The van der Waals surface area contributed by atoms with Gasteiger partial charge in [-0.25, -0.2) is 0 Å². The van der Waals surface area contributed by atoms with Crippen LogP contribution in [0.25, 0.3) is 0 Å². The molecule has 2 heterocycles. The molecule has 21 heavy (non-hydrogen) atoms. The van der Waals surface area contributed by atoms with E-state index in [-0.39, 0.29) is 18.4 Å². The molecule has 1 aromatic rings. The van der Waals surface area contributed by atoms with Gasteiger partial charge in [-0.2, -0.15) is 12.7 Å². The second-order valence-electron chi connectivity index (χ2n) is 5.42. The summed E-state index contributed by atoms with van der Waals surface area (Å²) in [4.78, 5) is 12.2. The molecular formula is C14H16N2O4S. The molecule has 3 atom stereocenters. The molecule has 0 bridgehead atoms. The molecule has 2 fully saturated rings. The van der Waals surface area contributed by atoms with E-state index in [1.165, 1.54) is 6.08 Å². The van der Waals surface area contributed by atoms with Gasteiger partial charge in [-0.1, -0.05) is 36.9 Å². The normalized spacial score (nSPS) is 32.2. The number of carbonyl (C=O) groups excluding carboxylic acids is 1. The lowest BCUT2D eigenvalue weighted by Gasteiger charge is -2.49. The molecule has 0 aromatic heterocycles. The van der Waals surface area contributed by atoms with Crippen molar-refractivity contribution >= 4 is 16.1 Å². The highest BCUT2D eigenvalue weighted by molar-refractivity contribution is 7.83. The van der Waals surface area contributed by atoms with Crippen LogP contribution in [-0.2, 0) is 15.1 Å². The number of nitrogens with zero attached hydrogens (tertiary/aromatic N) is 1. The van der Waals surface area contributed by atoms with Crippen LogP contribution < -0.4 is 5.32 Å². The van der Waals surface area contributed by atoms with Gasteiger partial charge in [0.25, 0.3) is 0 Å². The Hall–Kier alpha value is -1.54. The summed E-state index contributed by atoms with van der Waals surface area (Å²) in [5, 5.41) is 3.23. The third kappa shape index (κ3) is 2.13. The maximum Gasteiger partial charge on any atom is 0.336 e. The molecule has 1 aromatic carbocycles. The van der Waals surface area contributed by atoms with Gasteiger partial charge in [-0.3, -0.25) is 14.7 Å². The quantitative estimate of drug-likeness (QED) is 0.632. The van der Waals surface area contributed by atoms with Crippen molar-refractivity contribution in [2.45, 2.75) is 24.0 Å². The summed E-state index contributed by atoms with van der Waals surface area (Å²) in [6.07, 6.45) is 1.64. The first-order valence-electron chi connectivity index (χ1n) is 6.62. The van der Waals surface area contributed by atoms with E-state index in [2.05, 4.69) is 11.9 Å². The lowest BCUT2D eigenvalue weighted by Crippen LogP contribution is -2.75. The fourth-order valence-corrected chi connectivity index (χ4v) is 4.25. The number of ketones is 1. The molecule has 2 aliphatic heterocycles. The Labute approximate surface area is 123 Å². The summed E-state index contributed by atoms with van der Waals surface area (Å²) in [5.74, 6) is -0.245. The van der Waals surface area contributed by atoms with Crippen molar-refractivity contribution in [3.05, 3.63) is 48.6 Å². The third-order valence-corrected chi connectivity index (χ3v) is 5.31. The average Bonchev–Trinajstić information content (AvgIpc) is 2.72. The number of carbonyl (C=O) groups is 1. The molecule has 6 nitrogen and oxygen atoms in total. The molecule has 0 spiro atoms. The maximum atomic E-state index is 12.2. The van der Waals surface area contributed by atoms with Crippen molar-refractivity contribution in [2.75, 3.05) is 6.54 Å². The second-order valence-corrected chi connectivity index (χ2v) is 6.79. The molecule has 112 valence electrons. The highest BCUT2D eigenvalue weighted by Gasteiger charge is 2.65. The fourth-order valence-electron chi connectivity index (χ4n) is 3.29. The van der Waals surface area contributed by atoms with Crippen molar-refractivity contribution in [1.82, 2.24) is 9.62 Å². The molecule has 0 amide bonds. The van der Waals surface area contributed by atoms with Crippen LogP contribution in [0.15, 0.2) is 43.0 Å². The van der Waals surface area contributed by atoms with Gasteiger partial charge in [0.2, 0.25) is 0 Å².